The van der Waals surface area contributed by atoms with Crippen LogP contribution >= 0.6 is 11.8 Å². The van der Waals surface area contributed by atoms with Crippen LogP contribution in [-0.4, -0.2) is 22.0 Å². The maximum atomic E-state index is 5.07. The Bertz CT molecular complexity index is 2550. The van der Waals surface area contributed by atoms with Crippen LogP contribution in [0.2, 0.25) is 0 Å². The van der Waals surface area contributed by atoms with Crippen molar-refractivity contribution < 1.29 is 0 Å². The molecular weight excluding hydrogens is 653 g/mol. The van der Waals surface area contributed by atoms with E-state index in [2.05, 4.69) is 170 Å². The van der Waals surface area contributed by atoms with Crippen molar-refractivity contribution in [1.29, 1.82) is 0 Å². The molecule has 7 aromatic carbocycles. The van der Waals surface area contributed by atoms with Crippen LogP contribution in [0.15, 0.2) is 190 Å². The highest BCUT2D eigenvalue weighted by atomic mass is 32.2. The molecule has 0 unspecified atom stereocenters. The van der Waals surface area contributed by atoms with Gasteiger partial charge in [0.05, 0.1) is 22.4 Å². The Balaban J connectivity index is 1.18. The Kier molecular flexibility index (Phi) is 9.17. The molecule has 0 aliphatic heterocycles. The van der Waals surface area contributed by atoms with Gasteiger partial charge >= 0.3 is 0 Å². The van der Waals surface area contributed by atoms with Crippen molar-refractivity contribution in [1.82, 2.24) is 9.55 Å². The number of benzene rings is 7. The van der Waals surface area contributed by atoms with E-state index >= 15 is 0 Å². The molecule has 52 heavy (non-hydrogen) atoms. The zero-order valence-electron chi connectivity index (χ0n) is 29.1. The average Bonchev–Trinajstić information content (AvgIpc) is 3.59. The highest BCUT2D eigenvalue weighted by molar-refractivity contribution is 7.99. The molecule has 0 saturated carbocycles. The number of nitrogens with zero attached hydrogens (tertiary/aromatic N) is 4. The van der Waals surface area contributed by atoms with Gasteiger partial charge in [0.15, 0.2) is 0 Å². The zero-order chi connectivity index (χ0) is 35.4. The minimum Gasteiger partial charge on any atom is -0.292 e. The smallest absolute Gasteiger partial charge is 0.145 e. The van der Waals surface area contributed by atoms with E-state index in [1.54, 1.807) is 11.8 Å². The monoisotopic (exact) mass is 688 g/mol. The van der Waals surface area contributed by atoms with E-state index in [1.807, 2.05) is 30.3 Å². The molecular formula is C47H36N4S. The molecule has 0 spiro atoms. The van der Waals surface area contributed by atoms with Crippen LogP contribution in [-0.2, 0) is 0 Å². The van der Waals surface area contributed by atoms with Gasteiger partial charge in [-0.15, -0.1) is 0 Å². The Labute approximate surface area is 308 Å². The van der Waals surface area contributed by atoms with Gasteiger partial charge in [-0.2, -0.15) is 0 Å². The average molecular weight is 689 g/mol. The minimum absolute atomic E-state index is 0.858. The second-order valence-corrected chi connectivity index (χ2v) is 13.7. The summed E-state index contributed by atoms with van der Waals surface area (Å²) in [6.07, 6.45) is 0. The number of aryl methyl sites for hydroxylation is 1. The van der Waals surface area contributed by atoms with Gasteiger partial charge in [0.2, 0.25) is 0 Å². The predicted octanol–water partition coefficient (Wildman–Crippen LogP) is 13.0. The molecule has 0 N–H and O–H groups in total. The van der Waals surface area contributed by atoms with Gasteiger partial charge in [-0.05, 0) is 90.8 Å². The molecule has 1 heterocycles. The summed E-state index contributed by atoms with van der Waals surface area (Å²) in [7, 11) is 0. The molecule has 0 bridgehead atoms. The number of aliphatic imine (C=N–C) groups is 2. The highest BCUT2D eigenvalue weighted by Gasteiger charge is 2.19. The Morgan fingerprint density at radius 1 is 0.615 bits per heavy atom. The number of para-hydroxylation sites is 4. The number of fused-ring (bicyclic) bond motifs is 1. The molecule has 5 heteroatoms. The molecule has 0 aliphatic carbocycles. The number of hydrogen-bond donors (Lipinski definition) is 0. The molecule has 0 amide bonds. The van der Waals surface area contributed by atoms with Crippen molar-refractivity contribution in [2.75, 3.05) is 0 Å². The highest BCUT2D eigenvalue weighted by Crippen LogP contribution is 2.47. The first kappa shape index (κ1) is 32.9. The lowest BCUT2D eigenvalue weighted by Crippen LogP contribution is -1.97. The summed E-state index contributed by atoms with van der Waals surface area (Å²) < 4.78 is 2.23. The van der Waals surface area contributed by atoms with Crippen LogP contribution in [0.25, 0.3) is 50.4 Å². The van der Waals surface area contributed by atoms with Crippen molar-refractivity contribution in [2.24, 2.45) is 9.98 Å². The lowest BCUT2D eigenvalue weighted by atomic mass is 9.96. The first-order valence-corrected chi connectivity index (χ1v) is 18.1. The minimum atomic E-state index is 0.858. The Morgan fingerprint density at radius 2 is 1.21 bits per heavy atom. The van der Waals surface area contributed by atoms with E-state index in [-0.39, 0.29) is 0 Å². The normalized spacial score (nSPS) is 11.5. The molecule has 0 radical (unpaired) electrons. The van der Waals surface area contributed by atoms with Gasteiger partial charge in [-0.1, -0.05) is 139 Å². The Hall–Kier alpha value is -6.30. The largest absolute Gasteiger partial charge is 0.292 e. The molecule has 8 rings (SSSR count). The molecule has 8 aromatic rings. The van der Waals surface area contributed by atoms with Crippen molar-refractivity contribution >= 4 is 46.6 Å². The second kappa shape index (κ2) is 14.5. The molecule has 250 valence electrons. The van der Waals surface area contributed by atoms with Crippen LogP contribution in [0.1, 0.15) is 18.1 Å². The van der Waals surface area contributed by atoms with Crippen LogP contribution in [0.5, 0.6) is 0 Å². The van der Waals surface area contributed by atoms with Crippen molar-refractivity contribution in [3.63, 3.8) is 0 Å². The molecule has 0 saturated heterocycles. The lowest BCUT2D eigenvalue weighted by Gasteiger charge is -2.17. The third-order valence-electron chi connectivity index (χ3n) is 9.30. The molecule has 0 atom stereocenters. The van der Waals surface area contributed by atoms with E-state index in [0.29, 0.717) is 0 Å². The van der Waals surface area contributed by atoms with Gasteiger partial charge in [0, 0.05) is 32.3 Å². The summed E-state index contributed by atoms with van der Waals surface area (Å²) in [5.41, 5.74) is 13.5. The zero-order valence-corrected chi connectivity index (χ0v) is 29.9. The van der Waals surface area contributed by atoms with Gasteiger partial charge in [-0.3, -0.25) is 14.6 Å². The molecule has 1 aromatic heterocycles. The standard InChI is InChI=1S/C47H36N4S/c1-32-14-10-11-19-42(32)49-33(2)34-22-24-36(25-23-34)41-31-30-40(45(48-3)46(41)52-39-17-8-5-9-18-39)35-26-28-37(29-27-35)47-50-43-20-12-13-21-44(43)51(47)38-15-6-4-7-16-38/h4-31H,3H2,1-2H3. The third-order valence-corrected chi connectivity index (χ3v) is 10.4. The van der Waals surface area contributed by atoms with E-state index in [4.69, 9.17) is 9.98 Å². The van der Waals surface area contributed by atoms with Crippen molar-refractivity contribution in [3.05, 3.63) is 181 Å². The summed E-state index contributed by atoms with van der Waals surface area (Å²) in [5, 5.41) is 0. The maximum absolute atomic E-state index is 5.07. The summed E-state index contributed by atoms with van der Waals surface area (Å²) in [6, 6.07) is 59.0. The quantitative estimate of drug-likeness (QED) is 0.142. The van der Waals surface area contributed by atoms with Gasteiger partial charge in [0.1, 0.15) is 5.82 Å². The predicted molar refractivity (Wildman–Crippen MR) is 220 cm³/mol. The first-order chi connectivity index (χ1) is 25.6. The SMILES string of the molecule is C=Nc1c(-c2ccc(-c3nc4ccccc4n3-c3ccccc3)cc2)ccc(-c2ccc(C(C)=Nc3ccccc3C)cc2)c1Sc1ccccc1. The van der Waals surface area contributed by atoms with Gasteiger partial charge in [0.25, 0.3) is 0 Å². The second-order valence-electron chi connectivity index (χ2n) is 12.6. The summed E-state index contributed by atoms with van der Waals surface area (Å²) in [4.78, 5) is 16.9. The summed E-state index contributed by atoms with van der Waals surface area (Å²) in [6.45, 7) is 8.24. The van der Waals surface area contributed by atoms with Crippen LogP contribution in [0.4, 0.5) is 11.4 Å². The van der Waals surface area contributed by atoms with Crippen LogP contribution in [0, 0.1) is 6.92 Å². The van der Waals surface area contributed by atoms with E-state index < -0.39 is 0 Å². The van der Waals surface area contributed by atoms with Crippen molar-refractivity contribution in [2.45, 2.75) is 23.6 Å². The third kappa shape index (κ3) is 6.50. The topological polar surface area (TPSA) is 42.5 Å². The van der Waals surface area contributed by atoms with E-state index in [1.165, 1.54) is 0 Å². The molecule has 4 nitrogen and oxygen atoms in total. The first-order valence-electron chi connectivity index (χ1n) is 17.3. The molecule has 0 aliphatic rings. The summed E-state index contributed by atoms with van der Waals surface area (Å²) in [5.74, 6) is 0.902. The number of rotatable bonds is 9. The molecule has 0 fully saturated rings. The van der Waals surface area contributed by atoms with Crippen LogP contribution < -0.4 is 0 Å². The number of imidazole rings is 1. The van der Waals surface area contributed by atoms with E-state index in [9.17, 15) is 0 Å². The maximum Gasteiger partial charge on any atom is 0.145 e. The van der Waals surface area contributed by atoms with E-state index in [0.717, 1.165) is 88.4 Å². The number of aromatic nitrogens is 2. The fourth-order valence-electron chi connectivity index (χ4n) is 6.58. The van der Waals surface area contributed by atoms with Crippen molar-refractivity contribution in [3.8, 4) is 39.3 Å². The number of hydrogen-bond acceptors (Lipinski definition) is 4. The lowest BCUT2D eigenvalue weighted by molar-refractivity contribution is 1.10. The van der Waals surface area contributed by atoms with Gasteiger partial charge < -0.3 is 0 Å². The fourth-order valence-corrected chi connectivity index (χ4v) is 7.68. The fraction of sp³-hybridized carbons (Fsp3) is 0.0426. The van der Waals surface area contributed by atoms with Crippen LogP contribution in [0.3, 0.4) is 0 Å². The Morgan fingerprint density at radius 3 is 1.94 bits per heavy atom. The summed E-state index contributed by atoms with van der Waals surface area (Å²) >= 11 is 1.71. The van der Waals surface area contributed by atoms with Gasteiger partial charge in [-0.25, -0.2) is 4.98 Å².